The van der Waals surface area contributed by atoms with Crippen LogP contribution in [0.15, 0.2) is 0 Å². The van der Waals surface area contributed by atoms with Gasteiger partial charge in [-0.15, -0.1) is 0 Å². The second kappa shape index (κ2) is 4.63. The molecule has 1 heterocycles. The molecule has 1 N–H and O–H groups in total. The van der Waals surface area contributed by atoms with Gasteiger partial charge in [0.15, 0.2) is 0 Å². The van der Waals surface area contributed by atoms with Gasteiger partial charge in [0.25, 0.3) is 0 Å². The quantitative estimate of drug-likeness (QED) is 0.731. The van der Waals surface area contributed by atoms with Gasteiger partial charge in [0.05, 0.1) is 0 Å². The van der Waals surface area contributed by atoms with E-state index in [0.717, 1.165) is 12.6 Å². The number of piperazine rings is 1. The normalized spacial score (nSPS) is 30.6. The Balaban J connectivity index is 2.53. The minimum Gasteiger partial charge on any atom is -0.311 e. The van der Waals surface area contributed by atoms with E-state index in [1.54, 1.807) is 0 Å². The lowest BCUT2D eigenvalue weighted by Crippen LogP contribution is -2.56. The molecule has 14 heavy (non-hydrogen) atoms. The number of nitrogens with one attached hydrogen (secondary N) is 1. The van der Waals surface area contributed by atoms with E-state index < -0.39 is 0 Å². The highest BCUT2D eigenvalue weighted by molar-refractivity contribution is 4.85. The Morgan fingerprint density at radius 2 is 2.00 bits per heavy atom. The number of hydrogen-bond donors (Lipinski definition) is 1. The SMILES string of the molecule is CCC1CNC(C)CN1CC(C)(C)C. The molecule has 0 aromatic heterocycles. The van der Waals surface area contributed by atoms with E-state index in [0.29, 0.717) is 11.5 Å². The fourth-order valence-corrected chi connectivity index (χ4v) is 2.24. The van der Waals surface area contributed by atoms with Gasteiger partial charge in [-0.1, -0.05) is 27.7 Å². The largest absolute Gasteiger partial charge is 0.311 e. The summed E-state index contributed by atoms with van der Waals surface area (Å²) in [5, 5.41) is 3.56. The summed E-state index contributed by atoms with van der Waals surface area (Å²) < 4.78 is 0. The first kappa shape index (κ1) is 12.0. The lowest BCUT2D eigenvalue weighted by molar-refractivity contribution is 0.0919. The summed E-state index contributed by atoms with van der Waals surface area (Å²) in [6.07, 6.45) is 1.26. The average Bonchev–Trinajstić information content (AvgIpc) is 2.01. The topological polar surface area (TPSA) is 15.3 Å². The van der Waals surface area contributed by atoms with Crippen molar-refractivity contribution in [1.82, 2.24) is 10.2 Å². The molecule has 1 rings (SSSR count). The van der Waals surface area contributed by atoms with E-state index in [4.69, 9.17) is 0 Å². The predicted molar refractivity (Wildman–Crippen MR) is 62.6 cm³/mol. The Kier molecular flexibility index (Phi) is 3.96. The minimum atomic E-state index is 0.421. The van der Waals surface area contributed by atoms with E-state index in [2.05, 4.69) is 44.8 Å². The highest BCUT2D eigenvalue weighted by Crippen LogP contribution is 2.19. The van der Waals surface area contributed by atoms with Crippen LogP contribution in [-0.4, -0.2) is 36.6 Å². The Morgan fingerprint density at radius 3 is 2.50 bits per heavy atom. The Labute approximate surface area is 89.1 Å². The fourth-order valence-electron chi connectivity index (χ4n) is 2.24. The van der Waals surface area contributed by atoms with Crippen molar-refractivity contribution in [2.24, 2.45) is 5.41 Å². The average molecular weight is 198 g/mol. The van der Waals surface area contributed by atoms with E-state index in [1.165, 1.54) is 19.5 Å². The first-order valence-electron chi connectivity index (χ1n) is 5.90. The van der Waals surface area contributed by atoms with Gasteiger partial charge in [0, 0.05) is 31.7 Å². The van der Waals surface area contributed by atoms with Gasteiger partial charge in [-0.2, -0.15) is 0 Å². The molecule has 0 aromatic rings. The smallest absolute Gasteiger partial charge is 0.0219 e. The van der Waals surface area contributed by atoms with Gasteiger partial charge < -0.3 is 5.32 Å². The van der Waals surface area contributed by atoms with Crippen LogP contribution in [0.4, 0.5) is 0 Å². The van der Waals surface area contributed by atoms with Gasteiger partial charge >= 0.3 is 0 Å². The molecule has 0 bridgehead atoms. The predicted octanol–water partition coefficient (Wildman–Crippen LogP) is 2.10. The van der Waals surface area contributed by atoms with Crippen molar-refractivity contribution in [3.8, 4) is 0 Å². The minimum absolute atomic E-state index is 0.421. The van der Waals surface area contributed by atoms with Crippen LogP contribution in [-0.2, 0) is 0 Å². The summed E-state index contributed by atoms with van der Waals surface area (Å²) in [4.78, 5) is 2.65. The van der Waals surface area contributed by atoms with Crippen LogP contribution < -0.4 is 5.32 Å². The fraction of sp³-hybridized carbons (Fsp3) is 1.00. The third-order valence-corrected chi connectivity index (χ3v) is 2.88. The van der Waals surface area contributed by atoms with Gasteiger partial charge in [-0.3, -0.25) is 4.90 Å². The third-order valence-electron chi connectivity index (χ3n) is 2.88. The standard InChI is InChI=1S/C12H26N2/c1-6-11-7-13-10(2)8-14(11)9-12(3,4)5/h10-11,13H,6-9H2,1-5H3. The monoisotopic (exact) mass is 198 g/mol. The summed E-state index contributed by atoms with van der Waals surface area (Å²) in [7, 11) is 0. The second-order valence-electron chi connectivity index (χ2n) is 5.86. The van der Waals surface area contributed by atoms with Gasteiger partial charge in [-0.05, 0) is 18.8 Å². The maximum atomic E-state index is 3.56. The molecule has 0 aliphatic carbocycles. The van der Waals surface area contributed by atoms with Crippen molar-refractivity contribution >= 4 is 0 Å². The van der Waals surface area contributed by atoms with Crippen LogP contribution in [0.5, 0.6) is 0 Å². The van der Waals surface area contributed by atoms with Crippen LogP contribution in [0.25, 0.3) is 0 Å². The first-order chi connectivity index (χ1) is 6.42. The lowest BCUT2D eigenvalue weighted by atomic mass is 9.93. The molecule has 0 radical (unpaired) electrons. The molecule has 0 saturated carbocycles. The zero-order valence-electron chi connectivity index (χ0n) is 10.4. The maximum Gasteiger partial charge on any atom is 0.0219 e. The van der Waals surface area contributed by atoms with Crippen molar-refractivity contribution in [2.75, 3.05) is 19.6 Å². The summed E-state index contributed by atoms with van der Waals surface area (Å²) in [6, 6.07) is 1.39. The molecule has 1 aliphatic rings. The highest BCUT2D eigenvalue weighted by Gasteiger charge is 2.27. The summed E-state index contributed by atoms with van der Waals surface area (Å²) >= 11 is 0. The van der Waals surface area contributed by atoms with Crippen molar-refractivity contribution in [1.29, 1.82) is 0 Å². The van der Waals surface area contributed by atoms with E-state index in [-0.39, 0.29) is 0 Å². The molecular weight excluding hydrogens is 172 g/mol. The zero-order chi connectivity index (χ0) is 10.8. The molecule has 0 spiro atoms. The molecule has 1 saturated heterocycles. The van der Waals surface area contributed by atoms with E-state index in [9.17, 15) is 0 Å². The van der Waals surface area contributed by atoms with Crippen LogP contribution in [0.3, 0.4) is 0 Å². The summed E-state index contributed by atoms with van der Waals surface area (Å²) in [6.45, 7) is 15.1. The van der Waals surface area contributed by atoms with Gasteiger partial charge in [0.2, 0.25) is 0 Å². The highest BCUT2D eigenvalue weighted by atomic mass is 15.2. The Hall–Kier alpha value is -0.0800. The molecule has 2 heteroatoms. The Bertz CT molecular complexity index is 172. The Morgan fingerprint density at radius 1 is 1.36 bits per heavy atom. The maximum absolute atomic E-state index is 3.56. The van der Waals surface area contributed by atoms with Crippen molar-refractivity contribution in [3.05, 3.63) is 0 Å². The molecule has 2 atom stereocenters. The third kappa shape index (κ3) is 3.58. The number of nitrogens with zero attached hydrogens (tertiary/aromatic N) is 1. The second-order valence-corrected chi connectivity index (χ2v) is 5.86. The molecule has 0 amide bonds. The zero-order valence-corrected chi connectivity index (χ0v) is 10.4. The van der Waals surface area contributed by atoms with Gasteiger partial charge in [0.1, 0.15) is 0 Å². The number of rotatable bonds is 2. The van der Waals surface area contributed by atoms with Gasteiger partial charge in [-0.25, -0.2) is 0 Å². The molecule has 0 aromatic carbocycles. The van der Waals surface area contributed by atoms with Crippen LogP contribution in [0, 0.1) is 5.41 Å². The lowest BCUT2D eigenvalue weighted by Gasteiger charge is -2.42. The number of hydrogen-bond acceptors (Lipinski definition) is 2. The molecule has 2 unspecified atom stereocenters. The van der Waals surface area contributed by atoms with Crippen LogP contribution >= 0.6 is 0 Å². The summed E-state index contributed by atoms with van der Waals surface area (Å²) in [5.74, 6) is 0. The van der Waals surface area contributed by atoms with Crippen LogP contribution in [0.1, 0.15) is 41.0 Å². The molecular formula is C12H26N2. The van der Waals surface area contributed by atoms with Crippen LogP contribution in [0.2, 0.25) is 0 Å². The first-order valence-corrected chi connectivity index (χ1v) is 5.90. The van der Waals surface area contributed by atoms with E-state index in [1.807, 2.05) is 0 Å². The molecule has 2 nitrogen and oxygen atoms in total. The summed E-state index contributed by atoms with van der Waals surface area (Å²) in [5.41, 5.74) is 0.421. The van der Waals surface area contributed by atoms with E-state index >= 15 is 0 Å². The molecule has 1 aliphatic heterocycles. The van der Waals surface area contributed by atoms with Crippen molar-refractivity contribution in [2.45, 2.75) is 53.1 Å². The molecule has 1 fully saturated rings. The van der Waals surface area contributed by atoms with Crippen molar-refractivity contribution < 1.29 is 0 Å². The molecule has 84 valence electrons. The van der Waals surface area contributed by atoms with Crippen molar-refractivity contribution in [3.63, 3.8) is 0 Å².